The molecule has 0 fully saturated rings. The van der Waals surface area contributed by atoms with Gasteiger partial charge < -0.3 is 9.47 Å². The number of ether oxygens (including phenoxy) is 2. The number of thioether (sulfide) groups is 1. The van der Waals surface area contributed by atoms with Gasteiger partial charge in [0.15, 0.2) is 11.4 Å². The van der Waals surface area contributed by atoms with Gasteiger partial charge >= 0.3 is 5.97 Å². The number of carbonyl (C=O) groups excluding carboxylic acids is 2. The second-order valence-electron chi connectivity index (χ2n) is 9.00. The van der Waals surface area contributed by atoms with Crippen molar-refractivity contribution in [3.63, 3.8) is 0 Å². The highest BCUT2D eigenvalue weighted by Crippen LogP contribution is 2.30. The quantitative estimate of drug-likeness (QED) is 0.215. The van der Waals surface area contributed by atoms with Crippen LogP contribution in [0.1, 0.15) is 61.7 Å². The van der Waals surface area contributed by atoms with Gasteiger partial charge in [0, 0.05) is 10.5 Å². The number of allylic oxidation sites excluding steroid dienone is 1. The third-order valence-corrected chi connectivity index (χ3v) is 5.33. The second kappa shape index (κ2) is 9.73. The first kappa shape index (κ1) is 24.7. The summed E-state index contributed by atoms with van der Waals surface area (Å²) >= 11 is 1.55. The molecule has 0 amide bonds. The first-order valence-electron chi connectivity index (χ1n) is 10.2. The molecular formula is C26H32O4S. The molecule has 0 spiro atoms. The normalized spacial score (nSPS) is 12.1. The minimum absolute atomic E-state index is 0.0355. The highest BCUT2D eigenvalue weighted by atomic mass is 32.2. The van der Waals surface area contributed by atoms with E-state index in [4.69, 9.17) is 9.47 Å². The first-order chi connectivity index (χ1) is 14.3. The molecule has 0 N–H and O–H groups in total. The monoisotopic (exact) mass is 440 g/mol. The zero-order valence-corrected chi connectivity index (χ0v) is 20.5. The Kier molecular flexibility index (Phi) is 7.77. The number of aryl methyl sites for hydroxylation is 2. The molecule has 0 aliphatic heterocycles. The van der Waals surface area contributed by atoms with E-state index in [9.17, 15) is 9.59 Å². The number of hydrogen-bond acceptors (Lipinski definition) is 5. The largest absolute Gasteiger partial charge is 0.476 e. The van der Waals surface area contributed by atoms with E-state index < -0.39 is 17.2 Å². The van der Waals surface area contributed by atoms with Gasteiger partial charge in [-0.05, 0) is 102 Å². The van der Waals surface area contributed by atoms with Crippen LogP contribution in [0.25, 0.3) is 6.08 Å². The van der Waals surface area contributed by atoms with Crippen LogP contribution in [0.3, 0.4) is 0 Å². The van der Waals surface area contributed by atoms with Crippen LogP contribution in [-0.4, -0.2) is 29.2 Å². The van der Waals surface area contributed by atoms with Gasteiger partial charge in [-0.3, -0.25) is 4.79 Å². The molecule has 0 aromatic heterocycles. The summed E-state index contributed by atoms with van der Waals surface area (Å²) in [6.07, 6.45) is 5.36. The Bertz CT molecular complexity index is 974. The Morgan fingerprint density at radius 1 is 0.968 bits per heavy atom. The summed E-state index contributed by atoms with van der Waals surface area (Å²) in [6.45, 7) is 12.8. The zero-order chi connectivity index (χ0) is 23.4. The first-order valence-corrected chi connectivity index (χ1v) is 11.5. The maximum absolute atomic E-state index is 12.6. The average Bonchev–Trinajstić information content (AvgIpc) is 2.67. The molecule has 0 aliphatic rings. The van der Waals surface area contributed by atoms with Crippen LogP contribution in [0, 0.1) is 13.8 Å². The van der Waals surface area contributed by atoms with Crippen LogP contribution in [0.4, 0.5) is 0 Å². The molecule has 31 heavy (non-hydrogen) atoms. The highest BCUT2D eigenvalue weighted by Gasteiger charge is 2.35. The van der Waals surface area contributed by atoms with Crippen LogP contribution >= 0.6 is 11.8 Å². The van der Waals surface area contributed by atoms with Gasteiger partial charge in [0.2, 0.25) is 0 Å². The average molecular weight is 441 g/mol. The van der Waals surface area contributed by atoms with Gasteiger partial charge in [0.25, 0.3) is 0 Å². The van der Waals surface area contributed by atoms with Crippen molar-refractivity contribution in [1.82, 2.24) is 0 Å². The van der Waals surface area contributed by atoms with E-state index >= 15 is 0 Å². The van der Waals surface area contributed by atoms with Gasteiger partial charge in [-0.1, -0.05) is 18.2 Å². The van der Waals surface area contributed by atoms with E-state index in [1.807, 2.05) is 83.3 Å². The number of benzene rings is 2. The van der Waals surface area contributed by atoms with E-state index in [0.29, 0.717) is 11.3 Å². The standard InChI is InChI=1S/C26H32O4S/c1-17-15-19(13-14-21(27)20-11-9-10-12-22(20)31-8)16-18(2)23(17)29-26(6,7)24(28)30-25(3,4)5/h9-16H,1-8H3. The summed E-state index contributed by atoms with van der Waals surface area (Å²) in [7, 11) is 0. The SMILES string of the molecule is CSc1ccccc1C(=O)C=Cc1cc(C)c(OC(C)(C)C(=O)OC(C)(C)C)c(C)c1. The Hall–Kier alpha value is -2.53. The molecule has 2 rings (SSSR count). The summed E-state index contributed by atoms with van der Waals surface area (Å²) in [6, 6.07) is 11.5. The molecule has 0 unspecified atom stereocenters. The fraction of sp³-hybridized carbons (Fsp3) is 0.385. The minimum Gasteiger partial charge on any atom is -0.476 e. The fourth-order valence-corrected chi connectivity index (χ4v) is 3.65. The van der Waals surface area contributed by atoms with Crippen LogP contribution in [0.15, 0.2) is 47.4 Å². The third-order valence-electron chi connectivity index (χ3n) is 4.53. The zero-order valence-electron chi connectivity index (χ0n) is 19.7. The molecule has 0 atom stereocenters. The molecule has 0 saturated carbocycles. The summed E-state index contributed by atoms with van der Waals surface area (Å²) in [5.41, 5.74) is 1.64. The van der Waals surface area contributed by atoms with E-state index in [-0.39, 0.29) is 5.78 Å². The van der Waals surface area contributed by atoms with Crippen LogP contribution in [0.5, 0.6) is 5.75 Å². The van der Waals surface area contributed by atoms with Gasteiger partial charge in [-0.15, -0.1) is 11.8 Å². The van der Waals surface area contributed by atoms with Gasteiger partial charge in [0.1, 0.15) is 11.4 Å². The number of ketones is 1. The van der Waals surface area contributed by atoms with Crippen molar-refractivity contribution in [3.8, 4) is 5.75 Å². The van der Waals surface area contributed by atoms with Crippen molar-refractivity contribution in [2.45, 2.75) is 64.6 Å². The fourth-order valence-electron chi connectivity index (χ4n) is 3.05. The van der Waals surface area contributed by atoms with Gasteiger partial charge in [-0.25, -0.2) is 4.79 Å². The number of hydrogen-bond donors (Lipinski definition) is 0. The van der Waals surface area contributed by atoms with E-state index in [2.05, 4.69) is 0 Å². The smallest absolute Gasteiger partial charge is 0.350 e. The minimum atomic E-state index is -1.13. The van der Waals surface area contributed by atoms with E-state index in [1.165, 1.54) is 0 Å². The Morgan fingerprint density at radius 2 is 1.55 bits per heavy atom. The van der Waals surface area contributed by atoms with Crippen molar-refractivity contribution >= 4 is 29.6 Å². The number of rotatable bonds is 7. The topological polar surface area (TPSA) is 52.6 Å². The van der Waals surface area contributed by atoms with Crippen LogP contribution in [0.2, 0.25) is 0 Å². The van der Waals surface area contributed by atoms with Crippen molar-refractivity contribution in [2.24, 2.45) is 0 Å². The predicted molar refractivity (Wildman–Crippen MR) is 128 cm³/mol. The number of esters is 1. The highest BCUT2D eigenvalue weighted by molar-refractivity contribution is 7.98. The Balaban J connectivity index is 2.23. The molecule has 2 aromatic carbocycles. The van der Waals surface area contributed by atoms with Crippen LogP contribution < -0.4 is 4.74 Å². The van der Waals surface area contributed by atoms with Gasteiger partial charge in [0.05, 0.1) is 0 Å². The molecule has 5 heteroatoms. The van der Waals surface area contributed by atoms with Crippen molar-refractivity contribution in [1.29, 1.82) is 0 Å². The predicted octanol–water partition coefficient (Wildman–Crippen LogP) is 6.42. The maximum atomic E-state index is 12.6. The molecule has 166 valence electrons. The lowest BCUT2D eigenvalue weighted by atomic mass is 10.0. The second-order valence-corrected chi connectivity index (χ2v) is 9.84. The molecule has 0 aliphatic carbocycles. The third kappa shape index (κ3) is 6.73. The lowest BCUT2D eigenvalue weighted by molar-refractivity contribution is -0.171. The summed E-state index contributed by atoms with van der Waals surface area (Å²) in [5, 5.41) is 0. The lowest BCUT2D eigenvalue weighted by Crippen LogP contribution is -2.43. The number of carbonyl (C=O) groups is 2. The molecular weight excluding hydrogens is 408 g/mol. The van der Waals surface area contributed by atoms with Crippen molar-refractivity contribution in [2.75, 3.05) is 6.26 Å². The molecule has 2 aromatic rings. The molecule has 0 saturated heterocycles. The summed E-state index contributed by atoms with van der Waals surface area (Å²) < 4.78 is 11.6. The van der Waals surface area contributed by atoms with E-state index in [0.717, 1.165) is 21.6 Å². The summed E-state index contributed by atoms with van der Waals surface area (Å²) in [5.74, 6) is 0.194. The molecule has 0 radical (unpaired) electrons. The van der Waals surface area contributed by atoms with Gasteiger partial charge in [-0.2, -0.15) is 0 Å². The molecule has 0 heterocycles. The Morgan fingerprint density at radius 3 is 2.10 bits per heavy atom. The molecule has 4 nitrogen and oxygen atoms in total. The van der Waals surface area contributed by atoms with Crippen LogP contribution in [-0.2, 0) is 9.53 Å². The van der Waals surface area contributed by atoms with Crippen molar-refractivity contribution < 1.29 is 19.1 Å². The lowest BCUT2D eigenvalue weighted by Gasteiger charge is -2.30. The molecule has 0 bridgehead atoms. The summed E-state index contributed by atoms with van der Waals surface area (Å²) in [4.78, 5) is 26.1. The van der Waals surface area contributed by atoms with Crippen molar-refractivity contribution in [3.05, 3.63) is 64.7 Å². The Labute approximate surface area is 190 Å². The van der Waals surface area contributed by atoms with E-state index in [1.54, 1.807) is 31.7 Å². The maximum Gasteiger partial charge on any atom is 0.350 e.